The summed E-state index contributed by atoms with van der Waals surface area (Å²) < 4.78 is 0. The smallest absolute Gasteiger partial charge is 0.126 e. The third-order valence-corrected chi connectivity index (χ3v) is 4.65. The number of hydrogen-bond acceptors (Lipinski definition) is 0. The lowest BCUT2D eigenvalue weighted by atomic mass is 10.0. The number of hydrogen-bond donors (Lipinski definition) is 0. The highest BCUT2D eigenvalue weighted by atomic mass is 35.8. The molecule has 0 aromatic heterocycles. The Hall–Kier alpha value is 0.597. The van der Waals surface area contributed by atoms with Crippen molar-refractivity contribution in [1.29, 1.82) is 0 Å². The first-order chi connectivity index (χ1) is 6.53. The quantitative estimate of drug-likeness (QED) is 0.429. The Bertz CT molecular complexity index is 270. The molecule has 5 heteroatoms. The van der Waals surface area contributed by atoms with Crippen LogP contribution in [0.4, 0.5) is 0 Å². The van der Waals surface area contributed by atoms with Gasteiger partial charge in [0.15, 0.2) is 0 Å². The van der Waals surface area contributed by atoms with Crippen LogP contribution in [0.25, 0.3) is 0 Å². The van der Waals surface area contributed by atoms with E-state index in [4.69, 9.17) is 44.8 Å². The first-order valence-corrected chi connectivity index (χ1v) is 9.98. The molecule has 0 unspecified atom stereocenters. The summed E-state index contributed by atoms with van der Waals surface area (Å²) in [5.74, 6) is 0.641. The minimum absolute atomic E-state index is 0.150. The highest BCUT2D eigenvalue weighted by Gasteiger charge is 2.29. The molecule has 0 saturated carbocycles. The van der Waals surface area contributed by atoms with Crippen molar-refractivity contribution in [2.45, 2.75) is 12.0 Å². The molecule has 0 N–H and O–H groups in total. The summed E-state index contributed by atoms with van der Waals surface area (Å²) in [7, 11) is 0. The van der Waals surface area contributed by atoms with Gasteiger partial charge < -0.3 is 0 Å². The van der Waals surface area contributed by atoms with Gasteiger partial charge in [0, 0.05) is 5.88 Å². The molecule has 1 aromatic carbocycles. The summed E-state index contributed by atoms with van der Waals surface area (Å²) in [6.07, 6.45) is 0. The third-order valence-electron chi connectivity index (χ3n) is 1.94. The average Bonchev–Trinajstić information content (AvgIpc) is 2.14. The summed E-state index contributed by atoms with van der Waals surface area (Å²) in [5, 5.41) is 0. The number of benzene rings is 1. The highest BCUT2D eigenvalue weighted by Crippen LogP contribution is 2.34. The molecule has 0 aliphatic rings. The monoisotopic (exact) mass is 286 g/mol. The average molecular weight is 288 g/mol. The Labute approximate surface area is 104 Å². The van der Waals surface area contributed by atoms with Crippen molar-refractivity contribution >= 4 is 50.8 Å². The van der Waals surface area contributed by atoms with Crippen LogP contribution in [0.3, 0.4) is 0 Å². The molecule has 0 aliphatic heterocycles. The lowest BCUT2D eigenvalue weighted by Gasteiger charge is -2.17. The van der Waals surface area contributed by atoms with Crippen molar-refractivity contribution in [3.8, 4) is 0 Å². The predicted octanol–water partition coefficient (Wildman–Crippen LogP) is 4.66. The van der Waals surface area contributed by atoms with Crippen molar-refractivity contribution in [2.75, 3.05) is 5.88 Å². The van der Waals surface area contributed by atoms with Crippen molar-refractivity contribution in [3.63, 3.8) is 0 Å². The molecule has 0 bridgehead atoms. The van der Waals surface area contributed by atoms with E-state index in [0.717, 1.165) is 5.56 Å². The maximum absolute atomic E-state index is 5.87. The molecular weight excluding hydrogens is 278 g/mol. The van der Waals surface area contributed by atoms with Gasteiger partial charge in [-0.3, -0.25) is 0 Å². The zero-order valence-electron chi connectivity index (χ0n) is 7.39. The van der Waals surface area contributed by atoms with E-state index >= 15 is 0 Å². The molecule has 1 aromatic rings. The Morgan fingerprint density at radius 3 is 2.07 bits per heavy atom. The van der Waals surface area contributed by atoms with E-state index in [-0.39, 0.29) is 5.92 Å². The lowest BCUT2D eigenvalue weighted by Crippen LogP contribution is -2.15. The van der Waals surface area contributed by atoms with Gasteiger partial charge in [-0.2, -0.15) is 0 Å². The van der Waals surface area contributed by atoms with Gasteiger partial charge in [0.2, 0.25) is 0 Å². The standard InChI is InChI=1S/C9H10Cl4Si/c10-6-9(7-14(11,12)13)8-4-2-1-3-5-8/h1-5,9H,6-7H2/t9-/m1/s1. The molecule has 1 rings (SSSR count). The normalized spacial score (nSPS) is 14.0. The van der Waals surface area contributed by atoms with E-state index in [1.807, 2.05) is 30.3 Å². The Kier molecular flexibility index (Phi) is 5.08. The Morgan fingerprint density at radius 2 is 1.64 bits per heavy atom. The number of alkyl halides is 1. The second kappa shape index (κ2) is 5.62. The molecule has 78 valence electrons. The molecule has 0 spiro atoms. The van der Waals surface area contributed by atoms with Crippen LogP contribution in [-0.4, -0.2) is 11.9 Å². The van der Waals surface area contributed by atoms with Gasteiger partial charge in [0.25, 0.3) is 0 Å². The van der Waals surface area contributed by atoms with Crippen LogP contribution < -0.4 is 0 Å². The van der Waals surface area contributed by atoms with Crippen molar-refractivity contribution in [1.82, 2.24) is 0 Å². The van der Waals surface area contributed by atoms with Gasteiger partial charge in [0.1, 0.15) is 0 Å². The second-order valence-corrected chi connectivity index (χ2v) is 12.6. The number of halogens is 4. The first kappa shape index (κ1) is 12.7. The van der Waals surface area contributed by atoms with Crippen LogP contribution >= 0.6 is 44.8 Å². The van der Waals surface area contributed by atoms with Crippen molar-refractivity contribution < 1.29 is 0 Å². The fourth-order valence-corrected chi connectivity index (χ4v) is 4.35. The number of rotatable bonds is 4. The predicted molar refractivity (Wildman–Crippen MR) is 68.0 cm³/mol. The van der Waals surface area contributed by atoms with Crippen LogP contribution in [0.1, 0.15) is 11.5 Å². The van der Waals surface area contributed by atoms with E-state index < -0.39 is 6.00 Å². The largest absolute Gasteiger partial charge is 0.342 e. The highest BCUT2D eigenvalue weighted by molar-refractivity contribution is 7.64. The lowest BCUT2D eigenvalue weighted by molar-refractivity contribution is 0.867. The van der Waals surface area contributed by atoms with Crippen LogP contribution in [0.5, 0.6) is 0 Å². The molecule has 0 nitrogen and oxygen atoms in total. The molecule has 1 atom stereocenters. The van der Waals surface area contributed by atoms with E-state index in [1.165, 1.54) is 0 Å². The molecule has 0 aliphatic carbocycles. The third kappa shape index (κ3) is 4.41. The minimum Gasteiger partial charge on any atom is -0.126 e. The van der Waals surface area contributed by atoms with Crippen molar-refractivity contribution in [3.05, 3.63) is 35.9 Å². The molecule has 0 heterocycles. The second-order valence-electron chi connectivity index (χ2n) is 3.08. The summed E-state index contributed by atoms with van der Waals surface area (Å²) >= 11 is 23.5. The van der Waals surface area contributed by atoms with E-state index in [2.05, 4.69) is 0 Å². The van der Waals surface area contributed by atoms with Gasteiger partial charge in [0.05, 0.1) is 0 Å². The molecule has 0 amide bonds. The SMILES string of the molecule is ClC[C@H](C[Si](Cl)(Cl)Cl)c1ccccc1. The van der Waals surface area contributed by atoms with Crippen molar-refractivity contribution in [2.24, 2.45) is 0 Å². The zero-order valence-corrected chi connectivity index (χ0v) is 11.4. The fourth-order valence-electron chi connectivity index (χ4n) is 1.27. The van der Waals surface area contributed by atoms with Crippen LogP contribution in [0.2, 0.25) is 6.04 Å². The van der Waals surface area contributed by atoms with Gasteiger partial charge in [-0.15, -0.1) is 44.8 Å². The summed E-state index contributed by atoms with van der Waals surface area (Å²) in [5.41, 5.74) is 1.14. The first-order valence-electron chi connectivity index (χ1n) is 4.20. The van der Waals surface area contributed by atoms with Crippen LogP contribution in [0.15, 0.2) is 30.3 Å². The minimum atomic E-state index is -2.59. The van der Waals surface area contributed by atoms with E-state index in [0.29, 0.717) is 11.9 Å². The zero-order chi connectivity index (χ0) is 10.6. The topological polar surface area (TPSA) is 0 Å². The molecular formula is C9H10Cl4Si. The molecule has 0 radical (unpaired) electrons. The van der Waals surface area contributed by atoms with Crippen LogP contribution in [0, 0.1) is 0 Å². The molecule has 14 heavy (non-hydrogen) atoms. The fraction of sp³-hybridized carbons (Fsp3) is 0.333. The Balaban J connectivity index is 2.73. The molecule has 0 fully saturated rings. The summed E-state index contributed by atoms with van der Waals surface area (Å²) in [6, 6.07) is 7.90. The van der Waals surface area contributed by atoms with Crippen LogP contribution in [-0.2, 0) is 0 Å². The van der Waals surface area contributed by atoms with Gasteiger partial charge in [-0.1, -0.05) is 30.3 Å². The van der Waals surface area contributed by atoms with E-state index in [9.17, 15) is 0 Å². The van der Waals surface area contributed by atoms with Gasteiger partial charge >= 0.3 is 6.00 Å². The summed E-state index contributed by atoms with van der Waals surface area (Å²) in [4.78, 5) is 0. The summed E-state index contributed by atoms with van der Waals surface area (Å²) in [6.45, 7) is 0. The van der Waals surface area contributed by atoms with Gasteiger partial charge in [-0.25, -0.2) is 0 Å². The molecule has 0 saturated heterocycles. The Morgan fingerprint density at radius 1 is 1.07 bits per heavy atom. The maximum atomic E-state index is 5.87. The van der Waals surface area contributed by atoms with E-state index in [1.54, 1.807) is 0 Å². The van der Waals surface area contributed by atoms with Gasteiger partial charge in [-0.05, 0) is 17.5 Å². The maximum Gasteiger partial charge on any atom is 0.342 e.